The summed E-state index contributed by atoms with van der Waals surface area (Å²) >= 11 is 1.71. The van der Waals surface area contributed by atoms with Gasteiger partial charge in [0.1, 0.15) is 0 Å². The molecule has 0 bridgehead atoms. The highest BCUT2D eigenvalue weighted by Crippen LogP contribution is 2.19. The smallest absolute Gasteiger partial charge is 0.255 e. The van der Waals surface area contributed by atoms with Gasteiger partial charge in [-0.3, -0.25) is 9.89 Å². The maximum Gasteiger partial charge on any atom is 0.255 e. The Balaban J connectivity index is 2.06. The average Bonchev–Trinajstić information content (AvgIpc) is 2.87. The first-order chi connectivity index (χ1) is 10.0. The van der Waals surface area contributed by atoms with E-state index in [2.05, 4.69) is 27.6 Å². The van der Waals surface area contributed by atoms with E-state index in [9.17, 15) is 4.79 Å². The van der Waals surface area contributed by atoms with Crippen molar-refractivity contribution in [2.75, 3.05) is 6.26 Å². The number of benzene rings is 1. The maximum absolute atomic E-state index is 12.4. The Morgan fingerprint density at radius 1 is 1.33 bits per heavy atom. The second kappa shape index (κ2) is 6.80. The molecular weight excluding hydrogens is 282 g/mol. The fraction of sp³-hybridized carbons (Fsp3) is 0.375. The lowest BCUT2D eigenvalue weighted by molar-refractivity contribution is 0.0949. The Hall–Kier alpha value is -1.75. The van der Waals surface area contributed by atoms with Crippen LogP contribution in [0.3, 0.4) is 0 Å². The summed E-state index contributed by atoms with van der Waals surface area (Å²) in [5.41, 5.74) is 3.40. The summed E-state index contributed by atoms with van der Waals surface area (Å²) in [7, 11) is 0. The van der Waals surface area contributed by atoms with Crippen LogP contribution in [0.25, 0.3) is 0 Å². The van der Waals surface area contributed by atoms with Crippen LogP contribution in [-0.4, -0.2) is 22.4 Å². The van der Waals surface area contributed by atoms with E-state index in [1.165, 1.54) is 4.90 Å². The van der Waals surface area contributed by atoms with Crippen LogP contribution in [0.1, 0.15) is 47.1 Å². The molecule has 2 rings (SSSR count). The predicted octanol–water partition coefficient (Wildman–Crippen LogP) is 3.49. The van der Waals surface area contributed by atoms with Gasteiger partial charge in [-0.25, -0.2) is 0 Å². The number of aromatic nitrogens is 2. The van der Waals surface area contributed by atoms with Crippen molar-refractivity contribution in [3.63, 3.8) is 0 Å². The van der Waals surface area contributed by atoms with Crippen LogP contribution in [0, 0.1) is 6.92 Å². The van der Waals surface area contributed by atoms with Crippen LogP contribution < -0.4 is 5.32 Å². The summed E-state index contributed by atoms with van der Waals surface area (Å²) in [5, 5.41) is 10.1. The standard InChI is InChI=1S/C16H21N3OS/c1-10(2)15-14(11(3)18-19-15)16(20)17-9-12-5-7-13(21-4)8-6-12/h5-8,10H,9H2,1-4H3,(H,17,20)(H,18,19). The third-order valence-corrected chi connectivity index (χ3v) is 4.10. The van der Waals surface area contributed by atoms with Gasteiger partial charge in [0.2, 0.25) is 0 Å². The van der Waals surface area contributed by atoms with Gasteiger partial charge in [0.25, 0.3) is 5.91 Å². The molecule has 0 saturated heterocycles. The molecule has 0 unspecified atom stereocenters. The number of thioether (sulfide) groups is 1. The number of carbonyl (C=O) groups excluding carboxylic acids is 1. The van der Waals surface area contributed by atoms with E-state index in [1.54, 1.807) is 11.8 Å². The fourth-order valence-electron chi connectivity index (χ4n) is 2.17. The number of aromatic amines is 1. The molecule has 1 aromatic heterocycles. The number of rotatable bonds is 5. The van der Waals surface area contributed by atoms with Crippen molar-refractivity contribution >= 4 is 17.7 Å². The van der Waals surface area contributed by atoms with Gasteiger partial charge in [-0.1, -0.05) is 26.0 Å². The minimum absolute atomic E-state index is 0.0705. The van der Waals surface area contributed by atoms with Gasteiger partial charge in [-0.15, -0.1) is 11.8 Å². The molecule has 2 N–H and O–H groups in total. The molecule has 1 heterocycles. The Morgan fingerprint density at radius 3 is 2.57 bits per heavy atom. The topological polar surface area (TPSA) is 57.8 Å². The monoisotopic (exact) mass is 303 g/mol. The molecule has 0 aliphatic heterocycles. The van der Waals surface area contributed by atoms with Crippen molar-refractivity contribution in [3.8, 4) is 0 Å². The van der Waals surface area contributed by atoms with E-state index in [0.29, 0.717) is 12.1 Å². The molecule has 112 valence electrons. The number of aryl methyl sites for hydroxylation is 1. The third kappa shape index (κ3) is 3.67. The molecule has 0 aliphatic rings. The average molecular weight is 303 g/mol. The first kappa shape index (κ1) is 15.6. The normalized spacial score (nSPS) is 10.9. The summed E-state index contributed by atoms with van der Waals surface area (Å²) in [6.45, 7) is 6.47. The van der Waals surface area contributed by atoms with Crippen molar-refractivity contribution in [1.29, 1.82) is 0 Å². The van der Waals surface area contributed by atoms with E-state index in [0.717, 1.165) is 17.0 Å². The van der Waals surface area contributed by atoms with Crippen LogP contribution >= 0.6 is 11.8 Å². The van der Waals surface area contributed by atoms with Gasteiger partial charge in [-0.05, 0) is 36.8 Å². The number of carbonyl (C=O) groups is 1. The highest BCUT2D eigenvalue weighted by atomic mass is 32.2. The molecule has 4 nitrogen and oxygen atoms in total. The quantitative estimate of drug-likeness (QED) is 0.831. The molecule has 2 aromatic rings. The molecule has 21 heavy (non-hydrogen) atoms. The van der Waals surface area contributed by atoms with Crippen molar-refractivity contribution in [2.45, 2.75) is 38.1 Å². The lowest BCUT2D eigenvalue weighted by atomic mass is 10.0. The van der Waals surface area contributed by atoms with Gasteiger partial charge in [0.15, 0.2) is 0 Å². The molecule has 1 aromatic carbocycles. The lowest BCUT2D eigenvalue weighted by Crippen LogP contribution is -2.24. The Labute approximate surface area is 129 Å². The maximum atomic E-state index is 12.4. The second-order valence-electron chi connectivity index (χ2n) is 5.29. The molecular formula is C16H21N3OS. The zero-order valence-corrected chi connectivity index (χ0v) is 13.7. The molecule has 5 heteroatoms. The Morgan fingerprint density at radius 2 is 2.00 bits per heavy atom. The third-order valence-electron chi connectivity index (χ3n) is 3.36. The summed E-state index contributed by atoms with van der Waals surface area (Å²) in [6.07, 6.45) is 2.05. The first-order valence-corrected chi connectivity index (χ1v) is 8.21. The highest BCUT2D eigenvalue weighted by molar-refractivity contribution is 7.98. The highest BCUT2D eigenvalue weighted by Gasteiger charge is 2.19. The number of hydrogen-bond donors (Lipinski definition) is 2. The molecule has 0 saturated carbocycles. The number of hydrogen-bond acceptors (Lipinski definition) is 3. The van der Waals surface area contributed by atoms with Crippen LogP contribution in [0.4, 0.5) is 0 Å². The molecule has 0 aliphatic carbocycles. The number of nitrogens with zero attached hydrogens (tertiary/aromatic N) is 1. The van der Waals surface area contributed by atoms with Gasteiger partial charge < -0.3 is 5.32 Å². The van der Waals surface area contributed by atoms with Gasteiger partial charge in [0.05, 0.1) is 11.3 Å². The van der Waals surface area contributed by atoms with E-state index in [-0.39, 0.29) is 11.8 Å². The van der Waals surface area contributed by atoms with Crippen LogP contribution in [0.15, 0.2) is 29.2 Å². The molecule has 0 radical (unpaired) electrons. The molecule has 0 atom stereocenters. The minimum atomic E-state index is -0.0705. The van der Waals surface area contributed by atoms with Crippen molar-refractivity contribution in [1.82, 2.24) is 15.5 Å². The van der Waals surface area contributed by atoms with E-state index in [4.69, 9.17) is 0 Å². The van der Waals surface area contributed by atoms with E-state index >= 15 is 0 Å². The summed E-state index contributed by atoms with van der Waals surface area (Å²) in [6, 6.07) is 8.21. The van der Waals surface area contributed by atoms with Gasteiger partial charge >= 0.3 is 0 Å². The summed E-state index contributed by atoms with van der Waals surface area (Å²) < 4.78 is 0. The number of amides is 1. The second-order valence-corrected chi connectivity index (χ2v) is 6.17. The van der Waals surface area contributed by atoms with Crippen molar-refractivity contribution in [3.05, 3.63) is 46.8 Å². The minimum Gasteiger partial charge on any atom is -0.348 e. The lowest BCUT2D eigenvalue weighted by Gasteiger charge is -2.08. The number of H-pyrrole nitrogens is 1. The zero-order valence-electron chi connectivity index (χ0n) is 12.9. The fourth-order valence-corrected chi connectivity index (χ4v) is 2.57. The number of nitrogens with one attached hydrogen (secondary N) is 2. The molecule has 0 fully saturated rings. The van der Waals surface area contributed by atoms with Crippen LogP contribution in [0.2, 0.25) is 0 Å². The zero-order chi connectivity index (χ0) is 15.4. The largest absolute Gasteiger partial charge is 0.348 e. The van der Waals surface area contributed by atoms with Crippen LogP contribution in [-0.2, 0) is 6.54 Å². The van der Waals surface area contributed by atoms with Crippen molar-refractivity contribution in [2.24, 2.45) is 0 Å². The molecule has 1 amide bonds. The van der Waals surface area contributed by atoms with Gasteiger partial charge in [0, 0.05) is 17.1 Å². The Kier molecular flexibility index (Phi) is 5.07. The van der Waals surface area contributed by atoms with E-state index in [1.807, 2.05) is 39.2 Å². The Bertz CT molecular complexity index is 617. The van der Waals surface area contributed by atoms with E-state index < -0.39 is 0 Å². The van der Waals surface area contributed by atoms with Crippen molar-refractivity contribution < 1.29 is 4.79 Å². The molecule has 0 spiro atoms. The SMILES string of the molecule is CSc1ccc(CNC(=O)c2c(C(C)C)n[nH]c2C)cc1. The first-order valence-electron chi connectivity index (χ1n) is 6.99. The summed E-state index contributed by atoms with van der Waals surface area (Å²) in [4.78, 5) is 13.6. The predicted molar refractivity (Wildman–Crippen MR) is 86.8 cm³/mol. The van der Waals surface area contributed by atoms with Gasteiger partial charge in [-0.2, -0.15) is 5.10 Å². The van der Waals surface area contributed by atoms with Crippen LogP contribution in [0.5, 0.6) is 0 Å². The summed E-state index contributed by atoms with van der Waals surface area (Å²) in [5.74, 6) is 0.149.